The molecule has 3 aromatic rings. The van der Waals surface area contributed by atoms with E-state index in [2.05, 4.69) is 33.0 Å². The first-order valence-corrected chi connectivity index (χ1v) is 18.7. The van der Waals surface area contributed by atoms with Crippen LogP contribution in [0, 0.1) is 11.8 Å². The number of hydrogen-bond donors (Lipinski definition) is 1. The first-order valence-electron chi connectivity index (χ1n) is 16.8. The van der Waals surface area contributed by atoms with Gasteiger partial charge in [-0.05, 0) is 36.8 Å². The Bertz CT molecular complexity index is 1290. The fourth-order valence-electron chi connectivity index (χ4n) is 5.72. The van der Waals surface area contributed by atoms with E-state index in [0.717, 1.165) is 51.6 Å². The van der Waals surface area contributed by atoms with E-state index >= 15 is 0 Å². The molecule has 7 heteroatoms. The lowest BCUT2D eigenvalue weighted by Crippen LogP contribution is -2.41. The summed E-state index contributed by atoms with van der Waals surface area (Å²) in [4.78, 5) is 29.1. The van der Waals surface area contributed by atoms with Gasteiger partial charge in [0.05, 0.1) is 11.8 Å². The zero-order valence-electron chi connectivity index (χ0n) is 27.8. The lowest BCUT2D eigenvalue weighted by Gasteiger charge is -2.31. The van der Waals surface area contributed by atoms with Crippen LogP contribution in [-0.4, -0.2) is 42.6 Å². The number of unbranched alkanes of at least 4 members (excludes halogenated alkanes) is 2. The molecule has 0 radical (unpaired) electrons. The number of hydrogen-bond acceptors (Lipinski definition) is 4. The molecule has 45 heavy (non-hydrogen) atoms. The average molecular weight is 633 g/mol. The number of para-hydroxylation sites is 2. The fourth-order valence-corrected chi connectivity index (χ4v) is 8.18. The van der Waals surface area contributed by atoms with E-state index in [4.69, 9.17) is 4.74 Å². The second-order valence-electron chi connectivity index (χ2n) is 12.0. The fraction of sp³-hybridized carbons (Fsp3) is 0.474. The van der Waals surface area contributed by atoms with Crippen LogP contribution in [0.2, 0.25) is 0 Å². The Morgan fingerprint density at radius 2 is 1.22 bits per heavy atom. The summed E-state index contributed by atoms with van der Waals surface area (Å²) in [6, 6.07) is 25.5. The largest absolute Gasteiger partial charge is 0.482 e. The molecule has 0 bridgehead atoms. The van der Waals surface area contributed by atoms with Crippen LogP contribution in [-0.2, 0) is 14.2 Å². The van der Waals surface area contributed by atoms with Crippen molar-refractivity contribution in [1.82, 2.24) is 4.90 Å². The minimum atomic E-state index is -3.24. The predicted molar refractivity (Wildman–Crippen MR) is 188 cm³/mol. The van der Waals surface area contributed by atoms with E-state index in [0.29, 0.717) is 33.9 Å². The highest BCUT2D eigenvalue weighted by molar-refractivity contribution is 7.79. The van der Waals surface area contributed by atoms with Gasteiger partial charge in [-0.2, -0.15) is 0 Å². The van der Waals surface area contributed by atoms with Crippen molar-refractivity contribution >= 4 is 35.3 Å². The third-order valence-electron chi connectivity index (χ3n) is 8.62. The van der Waals surface area contributed by atoms with E-state index in [1.807, 2.05) is 77.7 Å². The van der Waals surface area contributed by atoms with Crippen molar-refractivity contribution in [3.8, 4) is 5.75 Å². The van der Waals surface area contributed by atoms with Crippen molar-refractivity contribution in [2.24, 2.45) is 11.8 Å². The van der Waals surface area contributed by atoms with Gasteiger partial charge in [-0.3, -0.25) is 9.59 Å². The molecular formula is C38H53N2O4P. The molecule has 0 aliphatic heterocycles. The van der Waals surface area contributed by atoms with Gasteiger partial charge in [-0.15, -0.1) is 0 Å². The number of carbonyl (C=O) groups is 2. The smallest absolute Gasteiger partial charge is 0.260 e. The average Bonchev–Trinajstić information content (AvgIpc) is 3.07. The predicted octanol–water partition coefficient (Wildman–Crippen LogP) is 8.28. The second kappa shape index (κ2) is 19.2. The molecule has 0 spiro atoms. The third kappa shape index (κ3) is 11.2. The number of nitrogens with one attached hydrogen (secondary N) is 1. The lowest BCUT2D eigenvalue weighted by molar-refractivity contribution is -0.134. The van der Waals surface area contributed by atoms with Gasteiger partial charge in [0, 0.05) is 23.7 Å². The molecule has 2 atom stereocenters. The summed E-state index contributed by atoms with van der Waals surface area (Å²) in [5.41, 5.74) is 0.457. The molecule has 3 rings (SSSR count). The van der Waals surface area contributed by atoms with Crippen molar-refractivity contribution in [3.05, 3.63) is 84.9 Å². The highest BCUT2D eigenvalue weighted by Gasteiger charge is 2.30. The van der Waals surface area contributed by atoms with Crippen LogP contribution in [0.25, 0.3) is 0 Å². The highest BCUT2D eigenvalue weighted by atomic mass is 31.2. The van der Waals surface area contributed by atoms with Crippen molar-refractivity contribution in [3.63, 3.8) is 0 Å². The van der Waals surface area contributed by atoms with Crippen LogP contribution in [0.3, 0.4) is 0 Å². The zero-order chi connectivity index (χ0) is 32.5. The molecule has 0 saturated heterocycles. The zero-order valence-corrected chi connectivity index (χ0v) is 28.6. The first kappa shape index (κ1) is 36.1. The molecule has 6 nitrogen and oxygen atoms in total. The monoisotopic (exact) mass is 632 g/mol. The van der Waals surface area contributed by atoms with Gasteiger partial charge in [-0.1, -0.05) is 139 Å². The van der Waals surface area contributed by atoms with Crippen LogP contribution in [0.15, 0.2) is 84.9 Å². The number of ether oxygens (including phenoxy) is 1. The van der Waals surface area contributed by atoms with Gasteiger partial charge in [-0.25, -0.2) is 0 Å². The van der Waals surface area contributed by atoms with E-state index in [1.165, 1.54) is 12.8 Å². The molecule has 2 amide bonds. The summed E-state index contributed by atoms with van der Waals surface area (Å²) in [6.45, 7) is 10.2. The Kier molecular flexibility index (Phi) is 15.4. The topological polar surface area (TPSA) is 75.7 Å². The summed E-state index contributed by atoms with van der Waals surface area (Å²) in [7, 11) is -3.24. The maximum absolute atomic E-state index is 14.4. The summed E-state index contributed by atoms with van der Waals surface area (Å²) in [6.07, 6.45) is 8.77. The Labute approximate surface area is 271 Å². The van der Waals surface area contributed by atoms with Crippen molar-refractivity contribution in [1.29, 1.82) is 0 Å². The van der Waals surface area contributed by atoms with E-state index < -0.39 is 7.14 Å². The van der Waals surface area contributed by atoms with E-state index in [9.17, 15) is 14.2 Å². The Morgan fingerprint density at radius 1 is 0.733 bits per heavy atom. The van der Waals surface area contributed by atoms with Crippen LogP contribution >= 0.6 is 7.14 Å². The minimum Gasteiger partial charge on any atom is -0.482 e. The maximum atomic E-state index is 14.4. The molecule has 0 aliphatic carbocycles. The van der Waals surface area contributed by atoms with Crippen molar-refractivity contribution < 1.29 is 18.9 Å². The quantitative estimate of drug-likeness (QED) is 0.127. The van der Waals surface area contributed by atoms with Crippen LogP contribution < -0.4 is 20.7 Å². The highest BCUT2D eigenvalue weighted by Crippen LogP contribution is 2.43. The lowest BCUT2D eigenvalue weighted by atomic mass is 9.95. The Balaban J connectivity index is 1.74. The summed E-state index contributed by atoms with van der Waals surface area (Å²) < 4.78 is 20.5. The Morgan fingerprint density at radius 3 is 1.71 bits per heavy atom. The molecule has 2 unspecified atom stereocenters. The normalized spacial score (nSPS) is 12.7. The van der Waals surface area contributed by atoms with Gasteiger partial charge in [0.25, 0.3) is 5.91 Å². The minimum absolute atomic E-state index is 0.0290. The summed E-state index contributed by atoms with van der Waals surface area (Å²) in [5.74, 6) is 0.949. The molecule has 0 saturated carbocycles. The standard InChI is InChI=1S/C38H53N2O4P/c1-5-9-19-31(7-3)27-40(28-32(8-4)20-10-6-2)38(42)29-44-36-26-18-17-25-35(36)39-37(41)30-45(43,33-21-13-11-14-22-33)34-23-15-12-16-24-34/h11-18,21-26,31-32H,5-10,19-20,27-30H2,1-4H3,(H,39,41). The summed E-state index contributed by atoms with van der Waals surface area (Å²) in [5, 5.41) is 4.20. The van der Waals surface area contributed by atoms with Gasteiger partial charge < -0.3 is 19.5 Å². The molecule has 0 fully saturated rings. The van der Waals surface area contributed by atoms with Gasteiger partial charge in [0.1, 0.15) is 5.75 Å². The van der Waals surface area contributed by atoms with Gasteiger partial charge in [0.15, 0.2) is 13.7 Å². The van der Waals surface area contributed by atoms with Crippen LogP contribution in [0.4, 0.5) is 5.69 Å². The molecule has 1 N–H and O–H groups in total. The molecule has 0 aromatic heterocycles. The van der Waals surface area contributed by atoms with E-state index in [1.54, 1.807) is 12.1 Å². The molecular weight excluding hydrogens is 579 g/mol. The maximum Gasteiger partial charge on any atom is 0.260 e. The number of amides is 2. The Hall–Kier alpha value is -3.37. The van der Waals surface area contributed by atoms with E-state index in [-0.39, 0.29) is 24.6 Å². The first-order chi connectivity index (χ1) is 21.8. The third-order valence-corrected chi connectivity index (χ3v) is 11.6. The second-order valence-corrected chi connectivity index (χ2v) is 14.9. The van der Waals surface area contributed by atoms with Gasteiger partial charge >= 0.3 is 0 Å². The summed E-state index contributed by atoms with van der Waals surface area (Å²) >= 11 is 0. The molecule has 0 aliphatic rings. The number of rotatable bonds is 20. The van der Waals surface area contributed by atoms with Gasteiger partial charge in [0.2, 0.25) is 5.91 Å². The molecule has 3 aromatic carbocycles. The molecule has 244 valence electrons. The van der Waals surface area contributed by atoms with Crippen LogP contribution in [0.5, 0.6) is 5.75 Å². The van der Waals surface area contributed by atoms with Crippen molar-refractivity contribution in [2.45, 2.75) is 79.1 Å². The SMILES string of the molecule is CCCCC(CC)CN(CC(CC)CCCC)C(=O)COc1ccccc1NC(=O)CP(=O)(c1ccccc1)c1ccccc1. The van der Waals surface area contributed by atoms with Crippen molar-refractivity contribution in [2.75, 3.05) is 31.2 Å². The number of benzene rings is 3. The van der Waals surface area contributed by atoms with Crippen LogP contribution in [0.1, 0.15) is 79.1 Å². The molecule has 0 heterocycles. The number of anilines is 1. The number of carbonyl (C=O) groups excluding carboxylic acids is 2. The number of nitrogens with zero attached hydrogens (tertiary/aromatic N) is 1.